The molecule has 1 aromatic carbocycles. The Morgan fingerprint density at radius 3 is 2.69 bits per heavy atom. The number of nitrogens with one attached hydrogen (secondary N) is 2. The van der Waals surface area contributed by atoms with Crippen LogP contribution in [0.5, 0.6) is 0 Å². The molecule has 0 bridgehead atoms. The van der Waals surface area contributed by atoms with Crippen molar-refractivity contribution in [2.45, 2.75) is 20.0 Å². The molecule has 0 aliphatic carbocycles. The smallest absolute Gasteiger partial charge is 0.238 e. The molecule has 8 nitrogen and oxygen atoms in total. The molecule has 1 aliphatic heterocycles. The second kappa shape index (κ2) is 9.80. The van der Waals surface area contributed by atoms with Crippen molar-refractivity contribution in [2.24, 2.45) is 0 Å². The highest BCUT2D eigenvalue weighted by Crippen LogP contribution is 2.22. The molecule has 1 unspecified atom stereocenters. The van der Waals surface area contributed by atoms with Gasteiger partial charge in [-0.3, -0.25) is 14.7 Å². The van der Waals surface area contributed by atoms with Crippen LogP contribution in [0, 0.1) is 19.7 Å². The molecule has 3 aromatic rings. The number of aryl methyl sites for hydroxylation is 2. The van der Waals surface area contributed by atoms with Crippen LogP contribution in [0.2, 0.25) is 0 Å². The number of rotatable bonds is 6. The van der Waals surface area contributed by atoms with E-state index >= 15 is 0 Å². The molecule has 1 aliphatic rings. The molecule has 0 saturated carbocycles. The van der Waals surface area contributed by atoms with Crippen molar-refractivity contribution < 1.29 is 13.9 Å². The number of aromatic nitrogens is 3. The molecule has 4 rings (SSSR count). The number of amides is 1. The first-order valence-electron chi connectivity index (χ1n) is 10.4. The van der Waals surface area contributed by atoms with Crippen LogP contribution in [0.4, 0.5) is 21.7 Å². The zero-order chi connectivity index (χ0) is 22.5. The highest BCUT2D eigenvalue weighted by molar-refractivity contribution is 5.92. The van der Waals surface area contributed by atoms with Gasteiger partial charge in [-0.1, -0.05) is 12.1 Å². The number of para-hydroxylation sites is 1. The number of morpholine rings is 1. The molecule has 1 saturated heterocycles. The van der Waals surface area contributed by atoms with Gasteiger partial charge in [0, 0.05) is 24.5 Å². The van der Waals surface area contributed by atoms with E-state index in [4.69, 9.17) is 4.74 Å². The Balaban J connectivity index is 1.34. The van der Waals surface area contributed by atoms with Gasteiger partial charge >= 0.3 is 0 Å². The lowest BCUT2D eigenvalue weighted by Crippen LogP contribution is -2.42. The Bertz CT molecular complexity index is 1070. The van der Waals surface area contributed by atoms with Crippen LogP contribution in [0.15, 0.2) is 48.7 Å². The number of halogens is 1. The maximum atomic E-state index is 13.8. The number of hydrogen-bond acceptors (Lipinski definition) is 7. The molecular weight excluding hydrogens is 411 g/mol. The third-order valence-corrected chi connectivity index (χ3v) is 5.02. The van der Waals surface area contributed by atoms with Crippen LogP contribution < -0.4 is 10.6 Å². The van der Waals surface area contributed by atoms with E-state index < -0.39 is 5.82 Å². The van der Waals surface area contributed by atoms with Gasteiger partial charge in [0.25, 0.3) is 0 Å². The Morgan fingerprint density at radius 2 is 1.97 bits per heavy atom. The molecule has 0 spiro atoms. The topological polar surface area (TPSA) is 92.3 Å². The molecule has 2 N–H and O–H groups in total. The van der Waals surface area contributed by atoms with Gasteiger partial charge in [0.1, 0.15) is 11.9 Å². The predicted molar refractivity (Wildman–Crippen MR) is 119 cm³/mol. The Labute approximate surface area is 185 Å². The summed E-state index contributed by atoms with van der Waals surface area (Å²) >= 11 is 0. The van der Waals surface area contributed by atoms with Crippen molar-refractivity contribution >= 4 is 23.2 Å². The highest BCUT2D eigenvalue weighted by atomic mass is 19.1. The van der Waals surface area contributed by atoms with Crippen LogP contribution in [0.1, 0.15) is 23.2 Å². The Kier molecular flexibility index (Phi) is 6.67. The summed E-state index contributed by atoms with van der Waals surface area (Å²) in [5.74, 6) is -0.195. The lowest BCUT2D eigenvalue weighted by Gasteiger charge is -2.32. The summed E-state index contributed by atoms with van der Waals surface area (Å²) in [6.45, 7) is 5.61. The van der Waals surface area contributed by atoms with Gasteiger partial charge in [-0.05, 0) is 44.2 Å². The lowest BCUT2D eigenvalue weighted by molar-refractivity contribution is -0.119. The molecule has 1 amide bonds. The van der Waals surface area contributed by atoms with Crippen molar-refractivity contribution in [3.05, 3.63) is 71.6 Å². The van der Waals surface area contributed by atoms with Gasteiger partial charge in [-0.15, -0.1) is 0 Å². The quantitative estimate of drug-likeness (QED) is 0.612. The van der Waals surface area contributed by atoms with E-state index in [0.29, 0.717) is 25.6 Å². The maximum Gasteiger partial charge on any atom is 0.238 e. The summed E-state index contributed by atoms with van der Waals surface area (Å²) in [6, 6.07) is 11.8. The molecule has 1 fully saturated rings. The van der Waals surface area contributed by atoms with Crippen LogP contribution in [-0.4, -0.2) is 52.0 Å². The lowest BCUT2D eigenvalue weighted by atomic mass is 10.2. The number of carbonyl (C=O) groups is 1. The van der Waals surface area contributed by atoms with Crippen LogP contribution in [0.25, 0.3) is 0 Å². The third-order valence-electron chi connectivity index (χ3n) is 5.02. The van der Waals surface area contributed by atoms with Crippen LogP contribution in [0.3, 0.4) is 0 Å². The second-order valence-corrected chi connectivity index (χ2v) is 7.69. The number of nitrogens with zero attached hydrogens (tertiary/aromatic N) is 4. The average molecular weight is 436 g/mol. The van der Waals surface area contributed by atoms with Crippen LogP contribution >= 0.6 is 0 Å². The van der Waals surface area contributed by atoms with Gasteiger partial charge in [-0.25, -0.2) is 14.4 Å². The SMILES string of the molecule is Cc1cc(C)nc(Nc2ccc(C3CN(CC(=O)Nc4ccccc4F)CCO3)nc2)n1. The third kappa shape index (κ3) is 5.63. The fourth-order valence-electron chi connectivity index (χ4n) is 3.56. The van der Waals surface area contributed by atoms with E-state index in [-0.39, 0.29) is 24.2 Å². The first-order valence-corrected chi connectivity index (χ1v) is 10.4. The van der Waals surface area contributed by atoms with Crippen molar-refractivity contribution in [2.75, 3.05) is 36.9 Å². The first-order chi connectivity index (χ1) is 15.5. The zero-order valence-corrected chi connectivity index (χ0v) is 18.0. The number of benzene rings is 1. The molecular formula is C23H25FN6O2. The van der Waals surface area contributed by atoms with E-state index in [0.717, 1.165) is 22.8 Å². The van der Waals surface area contributed by atoms with E-state index in [1.54, 1.807) is 18.3 Å². The maximum absolute atomic E-state index is 13.8. The van der Waals surface area contributed by atoms with E-state index in [1.807, 2.05) is 36.9 Å². The molecule has 0 radical (unpaired) electrons. The minimum Gasteiger partial charge on any atom is -0.369 e. The molecule has 1 atom stereocenters. The highest BCUT2D eigenvalue weighted by Gasteiger charge is 2.24. The summed E-state index contributed by atoms with van der Waals surface area (Å²) in [7, 11) is 0. The number of carbonyl (C=O) groups excluding carboxylic acids is 1. The number of anilines is 3. The van der Waals surface area contributed by atoms with Gasteiger partial charge < -0.3 is 15.4 Å². The Hall–Kier alpha value is -3.43. The summed E-state index contributed by atoms with van der Waals surface area (Å²) in [6.07, 6.45) is 1.46. The second-order valence-electron chi connectivity index (χ2n) is 7.69. The fourth-order valence-corrected chi connectivity index (χ4v) is 3.56. The van der Waals surface area contributed by atoms with Crippen molar-refractivity contribution in [1.82, 2.24) is 19.9 Å². The van der Waals surface area contributed by atoms with Gasteiger partial charge in [-0.2, -0.15) is 0 Å². The largest absolute Gasteiger partial charge is 0.369 e. The summed E-state index contributed by atoms with van der Waals surface area (Å²) in [4.78, 5) is 27.6. The van der Waals surface area contributed by atoms with Crippen molar-refractivity contribution in [3.63, 3.8) is 0 Å². The van der Waals surface area contributed by atoms with E-state index in [9.17, 15) is 9.18 Å². The zero-order valence-electron chi connectivity index (χ0n) is 18.0. The number of hydrogen-bond donors (Lipinski definition) is 2. The predicted octanol–water partition coefficient (Wildman–Crippen LogP) is 3.38. The fraction of sp³-hybridized carbons (Fsp3) is 0.304. The van der Waals surface area contributed by atoms with E-state index in [1.165, 1.54) is 12.1 Å². The summed E-state index contributed by atoms with van der Waals surface area (Å²) in [5.41, 5.74) is 3.50. The molecule has 9 heteroatoms. The van der Waals surface area contributed by atoms with E-state index in [2.05, 4.69) is 25.6 Å². The van der Waals surface area contributed by atoms with Crippen molar-refractivity contribution in [1.29, 1.82) is 0 Å². The first kappa shape index (κ1) is 21.8. The van der Waals surface area contributed by atoms with Crippen molar-refractivity contribution in [3.8, 4) is 0 Å². The van der Waals surface area contributed by atoms with Gasteiger partial charge in [0.15, 0.2) is 0 Å². The average Bonchev–Trinajstić information content (AvgIpc) is 2.75. The van der Waals surface area contributed by atoms with Gasteiger partial charge in [0.2, 0.25) is 11.9 Å². The van der Waals surface area contributed by atoms with Crippen LogP contribution in [-0.2, 0) is 9.53 Å². The standard InChI is InChI=1S/C23H25FN6O2/c1-15-11-16(2)27-23(26-15)28-17-7-8-20(25-12-17)21-13-30(9-10-32-21)14-22(31)29-19-6-4-3-5-18(19)24/h3-8,11-12,21H,9-10,13-14H2,1-2H3,(H,29,31)(H,26,27,28). The Morgan fingerprint density at radius 1 is 1.19 bits per heavy atom. The number of pyridine rings is 1. The monoisotopic (exact) mass is 436 g/mol. The molecule has 2 aromatic heterocycles. The summed E-state index contributed by atoms with van der Waals surface area (Å²) < 4.78 is 19.6. The van der Waals surface area contributed by atoms with Gasteiger partial charge in [0.05, 0.1) is 36.4 Å². The number of ether oxygens (including phenoxy) is 1. The minimum atomic E-state index is -0.454. The molecule has 166 valence electrons. The molecule has 3 heterocycles. The summed E-state index contributed by atoms with van der Waals surface area (Å²) in [5, 5.41) is 5.78. The molecule has 32 heavy (non-hydrogen) atoms. The normalized spacial score (nSPS) is 16.5. The minimum absolute atomic E-state index is 0.151.